The van der Waals surface area contributed by atoms with Crippen LogP contribution in [0.4, 0.5) is 19.3 Å². The van der Waals surface area contributed by atoms with Crippen molar-refractivity contribution >= 4 is 42.4 Å². The molecule has 0 saturated carbocycles. The zero-order valence-electron chi connectivity index (χ0n) is 25.8. The van der Waals surface area contributed by atoms with Gasteiger partial charge in [-0.2, -0.15) is 0 Å². The van der Waals surface area contributed by atoms with Gasteiger partial charge in [-0.05, 0) is 18.2 Å². The van der Waals surface area contributed by atoms with Crippen molar-refractivity contribution in [3.8, 4) is 28.5 Å². The molecule has 5 rings (SSSR count). The predicted octanol–water partition coefficient (Wildman–Crippen LogP) is 7.30. The fourth-order valence-electron chi connectivity index (χ4n) is 4.71. The Labute approximate surface area is 266 Å². The molecule has 45 heavy (non-hydrogen) atoms. The minimum atomic E-state index is -1.31. The molecule has 0 aliphatic carbocycles. The van der Waals surface area contributed by atoms with E-state index in [2.05, 4.69) is 40.2 Å². The lowest BCUT2D eigenvalue weighted by Crippen LogP contribution is -2.49. The second-order valence-corrected chi connectivity index (χ2v) is 18.6. The third-order valence-corrected chi connectivity index (χ3v) is 9.28. The monoisotopic (exact) mass is 659 g/mol. The second-order valence-electron chi connectivity index (χ2n) is 12.6. The standard InChI is InChI=1S/C31H36ClF2N5O5Si/c1-31(16-43-17-31)15-37-30(40)38-20-11-23(33)27(24(34)12-20)44-25-6-7-35-28-26(25)21(19-10-22(32)29(41-2)36-13-19)14-39(28)18-42-8-9-45(3,4)5/h6-7,10-14H,8-9,15-18H2,1-5H3,(H2,37,38,40). The largest absolute Gasteiger partial charge is 0.480 e. The van der Waals surface area contributed by atoms with Gasteiger partial charge >= 0.3 is 6.03 Å². The van der Waals surface area contributed by atoms with Crippen molar-refractivity contribution in [2.75, 3.05) is 38.8 Å². The number of aromatic nitrogens is 3. The van der Waals surface area contributed by atoms with Gasteiger partial charge in [0.05, 0.1) is 25.7 Å². The van der Waals surface area contributed by atoms with Gasteiger partial charge in [-0.3, -0.25) is 0 Å². The fraction of sp³-hybridized carbons (Fsp3) is 0.387. The van der Waals surface area contributed by atoms with E-state index in [1.165, 1.54) is 19.4 Å². The van der Waals surface area contributed by atoms with Gasteiger partial charge in [0.25, 0.3) is 0 Å². The van der Waals surface area contributed by atoms with Crippen molar-refractivity contribution in [1.82, 2.24) is 19.9 Å². The molecular formula is C31H36ClF2N5O5Si. The lowest BCUT2D eigenvalue weighted by Gasteiger charge is -2.37. The molecule has 1 aliphatic rings. The summed E-state index contributed by atoms with van der Waals surface area (Å²) in [5, 5.41) is 5.93. The molecule has 10 nitrogen and oxygen atoms in total. The van der Waals surface area contributed by atoms with Crippen LogP contribution in [0.15, 0.2) is 42.9 Å². The van der Waals surface area contributed by atoms with Crippen LogP contribution in [-0.4, -0.2) is 62.1 Å². The average Bonchev–Trinajstić information content (AvgIpc) is 3.34. The molecule has 0 atom stereocenters. The minimum Gasteiger partial charge on any atom is -0.480 e. The van der Waals surface area contributed by atoms with Crippen molar-refractivity contribution < 1.29 is 32.5 Å². The Morgan fingerprint density at radius 1 is 1.18 bits per heavy atom. The lowest BCUT2D eigenvalue weighted by atomic mass is 9.89. The molecule has 0 spiro atoms. The highest BCUT2D eigenvalue weighted by Crippen LogP contribution is 2.41. The van der Waals surface area contributed by atoms with E-state index in [1.54, 1.807) is 16.8 Å². The van der Waals surface area contributed by atoms with E-state index in [0.29, 0.717) is 48.5 Å². The molecule has 1 saturated heterocycles. The van der Waals surface area contributed by atoms with Gasteiger partial charge in [0, 0.05) is 74.2 Å². The highest BCUT2D eigenvalue weighted by Gasteiger charge is 2.33. The number of fused-ring (bicyclic) bond motifs is 1. The number of hydrogen-bond donors (Lipinski definition) is 2. The smallest absolute Gasteiger partial charge is 0.319 e. The van der Waals surface area contributed by atoms with Crippen molar-refractivity contribution in [1.29, 1.82) is 0 Å². The molecule has 1 aliphatic heterocycles. The Morgan fingerprint density at radius 2 is 1.91 bits per heavy atom. The van der Waals surface area contributed by atoms with Crippen LogP contribution in [0.1, 0.15) is 6.92 Å². The molecule has 240 valence electrons. The zero-order chi connectivity index (χ0) is 32.4. The second kappa shape index (κ2) is 13.3. The summed E-state index contributed by atoms with van der Waals surface area (Å²) in [5.41, 5.74) is 1.47. The van der Waals surface area contributed by atoms with Crippen LogP contribution in [-0.2, 0) is 16.2 Å². The van der Waals surface area contributed by atoms with Crippen molar-refractivity contribution in [3.63, 3.8) is 0 Å². The topological polar surface area (TPSA) is 109 Å². The van der Waals surface area contributed by atoms with Gasteiger partial charge in [0.2, 0.25) is 5.88 Å². The molecule has 1 aromatic carbocycles. The molecule has 3 aromatic heterocycles. The van der Waals surface area contributed by atoms with Crippen molar-refractivity contribution in [2.24, 2.45) is 5.41 Å². The number of benzene rings is 1. The van der Waals surface area contributed by atoms with Crippen LogP contribution >= 0.6 is 11.6 Å². The number of halogens is 3. The molecule has 14 heteroatoms. The Kier molecular flexibility index (Phi) is 9.63. The Bertz CT molecular complexity index is 1690. The zero-order valence-corrected chi connectivity index (χ0v) is 27.6. The number of rotatable bonds is 12. The summed E-state index contributed by atoms with van der Waals surface area (Å²) >= 11 is 6.40. The number of hydrogen-bond acceptors (Lipinski definition) is 7. The number of carbonyl (C=O) groups excluding carboxylic acids is 1. The molecule has 0 radical (unpaired) electrons. The maximum absolute atomic E-state index is 15.3. The number of ether oxygens (including phenoxy) is 4. The van der Waals surface area contributed by atoms with E-state index in [0.717, 1.165) is 18.2 Å². The number of methoxy groups -OCH3 is 1. The quantitative estimate of drug-likeness (QED) is 0.121. The Balaban J connectivity index is 1.44. The highest BCUT2D eigenvalue weighted by molar-refractivity contribution is 6.76. The summed E-state index contributed by atoms with van der Waals surface area (Å²) in [5.74, 6) is -2.23. The van der Waals surface area contributed by atoms with E-state index in [9.17, 15) is 4.79 Å². The van der Waals surface area contributed by atoms with Crippen LogP contribution in [0.2, 0.25) is 30.7 Å². The van der Waals surface area contributed by atoms with Crippen molar-refractivity contribution in [3.05, 3.63) is 59.5 Å². The average molecular weight is 660 g/mol. The highest BCUT2D eigenvalue weighted by atomic mass is 35.5. The fourth-order valence-corrected chi connectivity index (χ4v) is 5.71. The van der Waals surface area contributed by atoms with Gasteiger partial charge in [0.15, 0.2) is 17.4 Å². The SMILES string of the molecule is COc1ncc(-c2cn(COCC[Si](C)(C)C)c3nccc(Oc4c(F)cc(NC(=O)NCC5(C)COC5)cc4F)c23)cc1Cl. The Morgan fingerprint density at radius 3 is 2.53 bits per heavy atom. The summed E-state index contributed by atoms with van der Waals surface area (Å²) in [6, 6.07) is 5.59. The van der Waals surface area contributed by atoms with Crippen LogP contribution in [0, 0.1) is 17.0 Å². The van der Waals surface area contributed by atoms with E-state index in [4.69, 9.17) is 30.5 Å². The van der Waals surface area contributed by atoms with Crippen LogP contribution in [0.25, 0.3) is 22.2 Å². The molecule has 0 bridgehead atoms. The third-order valence-electron chi connectivity index (χ3n) is 7.30. The maximum Gasteiger partial charge on any atom is 0.319 e. The first-order valence-electron chi connectivity index (χ1n) is 14.4. The number of carbonyl (C=O) groups is 1. The van der Waals surface area contributed by atoms with Gasteiger partial charge in [-0.25, -0.2) is 23.5 Å². The molecule has 0 unspecified atom stereocenters. The molecule has 4 heterocycles. The summed E-state index contributed by atoms with van der Waals surface area (Å²) in [6.07, 6.45) is 4.88. The molecule has 1 fully saturated rings. The van der Waals surface area contributed by atoms with Crippen LogP contribution in [0.5, 0.6) is 17.4 Å². The molecule has 2 N–H and O–H groups in total. The van der Waals surface area contributed by atoms with Crippen LogP contribution in [0.3, 0.4) is 0 Å². The first-order chi connectivity index (χ1) is 21.4. The number of urea groups is 1. The van der Waals surface area contributed by atoms with E-state index in [-0.39, 0.29) is 34.5 Å². The Hall–Kier alpha value is -3.78. The summed E-state index contributed by atoms with van der Waals surface area (Å²) < 4.78 is 54.7. The van der Waals surface area contributed by atoms with Gasteiger partial charge < -0.3 is 34.1 Å². The first-order valence-corrected chi connectivity index (χ1v) is 18.5. The maximum atomic E-state index is 15.3. The van der Waals surface area contributed by atoms with Crippen molar-refractivity contribution in [2.45, 2.75) is 39.3 Å². The normalized spacial score (nSPS) is 14.2. The molecule has 2 amide bonds. The minimum absolute atomic E-state index is 0.0639. The number of pyridine rings is 2. The van der Waals surface area contributed by atoms with E-state index >= 15 is 8.78 Å². The summed E-state index contributed by atoms with van der Waals surface area (Å²) in [6.45, 7) is 11.0. The van der Waals surface area contributed by atoms with Gasteiger partial charge in [0.1, 0.15) is 23.2 Å². The third kappa shape index (κ3) is 7.72. The number of nitrogens with zero attached hydrogens (tertiary/aromatic N) is 3. The van der Waals surface area contributed by atoms with Gasteiger partial charge in [-0.1, -0.05) is 38.2 Å². The number of nitrogens with one attached hydrogen (secondary N) is 2. The molecular weight excluding hydrogens is 624 g/mol. The lowest BCUT2D eigenvalue weighted by molar-refractivity contribution is -0.0974. The molecule has 4 aromatic rings. The summed E-state index contributed by atoms with van der Waals surface area (Å²) in [7, 11) is 0.160. The van der Waals surface area contributed by atoms with E-state index in [1.807, 2.05) is 13.1 Å². The predicted molar refractivity (Wildman–Crippen MR) is 171 cm³/mol. The van der Waals surface area contributed by atoms with Gasteiger partial charge in [-0.15, -0.1) is 0 Å². The first kappa shape index (κ1) is 32.6. The van der Waals surface area contributed by atoms with Crippen LogP contribution < -0.4 is 20.1 Å². The van der Waals surface area contributed by atoms with E-state index < -0.39 is 31.5 Å². The number of anilines is 1. The summed E-state index contributed by atoms with van der Waals surface area (Å²) in [4.78, 5) is 21.2. The number of amides is 2.